The fourth-order valence-corrected chi connectivity index (χ4v) is 3.36. The average Bonchev–Trinajstić information content (AvgIpc) is 3.11. The highest BCUT2D eigenvalue weighted by molar-refractivity contribution is 5.93. The number of benzene rings is 1. The Balaban J connectivity index is 1.43. The number of aryl methyl sites for hydroxylation is 1. The lowest BCUT2D eigenvalue weighted by atomic mass is 10.1. The Labute approximate surface area is 157 Å². The van der Waals surface area contributed by atoms with Crippen LogP contribution in [0.5, 0.6) is 0 Å². The third kappa shape index (κ3) is 3.93. The van der Waals surface area contributed by atoms with E-state index in [1.807, 2.05) is 18.3 Å². The summed E-state index contributed by atoms with van der Waals surface area (Å²) in [6, 6.07) is 10.0. The second kappa shape index (κ2) is 7.75. The van der Waals surface area contributed by atoms with Crippen LogP contribution in [0.1, 0.15) is 21.9 Å². The Kier molecular flexibility index (Phi) is 5.02. The van der Waals surface area contributed by atoms with E-state index in [0.717, 1.165) is 18.5 Å². The molecule has 2 N–H and O–H groups in total. The van der Waals surface area contributed by atoms with Gasteiger partial charge in [0, 0.05) is 42.8 Å². The van der Waals surface area contributed by atoms with E-state index in [-0.39, 0.29) is 5.91 Å². The maximum atomic E-state index is 12.7. The van der Waals surface area contributed by atoms with Crippen LogP contribution in [0.15, 0.2) is 36.5 Å². The molecule has 4 rings (SSSR count). The van der Waals surface area contributed by atoms with Crippen LogP contribution >= 0.6 is 0 Å². The number of carbonyl (C=O) groups excluding carboxylic acids is 1. The molecule has 1 aliphatic heterocycles. The standard InChI is InChI=1S/C20H23N5O2/c1-14-23-18(20(26)25-8-10-27-11-9-25)12-19(24-14)21-7-6-15-13-22-17-5-3-2-4-16(15)17/h2-5,12-13,22H,6-11H2,1H3,(H,21,23,24). The number of H-pyrrole nitrogens is 1. The minimum atomic E-state index is -0.0662. The number of aromatic nitrogens is 3. The first-order valence-electron chi connectivity index (χ1n) is 9.22. The molecule has 1 amide bonds. The van der Waals surface area contributed by atoms with Gasteiger partial charge >= 0.3 is 0 Å². The number of morpholine rings is 1. The average molecular weight is 365 g/mol. The summed E-state index contributed by atoms with van der Waals surface area (Å²) < 4.78 is 5.31. The number of fused-ring (bicyclic) bond motifs is 1. The van der Waals surface area contributed by atoms with E-state index >= 15 is 0 Å². The van der Waals surface area contributed by atoms with E-state index in [4.69, 9.17) is 4.74 Å². The summed E-state index contributed by atoms with van der Waals surface area (Å²) in [5.41, 5.74) is 2.83. The molecule has 0 aliphatic carbocycles. The molecule has 1 aromatic carbocycles. The van der Waals surface area contributed by atoms with Crippen molar-refractivity contribution >= 4 is 22.6 Å². The second-order valence-corrected chi connectivity index (χ2v) is 6.63. The molecule has 3 aromatic rings. The van der Waals surface area contributed by atoms with Gasteiger partial charge in [0.1, 0.15) is 17.3 Å². The van der Waals surface area contributed by atoms with Gasteiger partial charge in [0.05, 0.1) is 13.2 Å². The number of hydrogen-bond donors (Lipinski definition) is 2. The van der Waals surface area contributed by atoms with Gasteiger partial charge in [-0.15, -0.1) is 0 Å². The molecule has 1 fully saturated rings. The first-order valence-corrected chi connectivity index (χ1v) is 9.22. The molecule has 0 radical (unpaired) electrons. The first kappa shape index (κ1) is 17.5. The van der Waals surface area contributed by atoms with E-state index in [1.54, 1.807) is 17.9 Å². The van der Waals surface area contributed by atoms with Crippen LogP contribution in [0, 0.1) is 6.92 Å². The highest BCUT2D eigenvalue weighted by Crippen LogP contribution is 2.18. The number of aromatic amines is 1. The fourth-order valence-electron chi connectivity index (χ4n) is 3.36. The summed E-state index contributed by atoms with van der Waals surface area (Å²) in [4.78, 5) is 26.5. The van der Waals surface area contributed by atoms with Crippen molar-refractivity contribution in [2.24, 2.45) is 0 Å². The molecular formula is C20H23N5O2. The van der Waals surface area contributed by atoms with Gasteiger partial charge in [-0.2, -0.15) is 0 Å². The lowest BCUT2D eigenvalue weighted by molar-refractivity contribution is 0.0299. The monoisotopic (exact) mass is 365 g/mol. The van der Waals surface area contributed by atoms with Crippen molar-refractivity contribution in [2.75, 3.05) is 38.2 Å². The van der Waals surface area contributed by atoms with Gasteiger partial charge in [-0.05, 0) is 25.0 Å². The predicted octanol–water partition coefficient (Wildman–Crippen LogP) is 2.39. The maximum Gasteiger partial charge on any atom is 0.272 e. The molecule has 2 aromatic heterocycles. The Bertz CT molecular complexity index is 946. The Morgan fingerprint density at radius 3 is 2.93 bits per heavy atom. The van der Waals surface area contributed by atoms with Gasteiger partial charge in [0.2, 0.25) is 0 Å². The van der Waals surface area contributed by atoms with Gasteiger partial charge in [-0.3, -0.25) is 4.79 Å². The lowest BCUT2D eigenvalue weighted by Gasteiger charge is -2.26. The molecule has 1 aliphatic rings. The van der Waals surface area contributed by atoms with Gasteiger partial charge in [-0.1, -0.05) is 18.2 Å². The molecule has 0 bridgehead atoms. The first-order chi connectivity index (χ1) is 13.2. The quantitative estimate of drug-likeness (QED) is 0.725. The number of rotatable bonds is 5. The Morgan fingerprint density at radius 2 is 2.07 bits per heavy atom. The van der Waals surface area contributed by atoms with Gasteiger partial charge in [0.15, 0.2) is 0 Å². The third-order valence-electron chi connectivity index (χ3n) is 4.73. The number of ether oxygens (including phenoxy) is 1. The molecule has 1 saturated heterocycles. The summed E-state index contributed by atoms with van der Waals surface area (Å²) in [5.74, 6) is 1.20. The summed E-state index contributed by atoms with van der Waals surface area (Å²) in [7, 11) is 0. The van der Waals surface area contributed by atoms with Crippen LogP contribution < -0.4 is 5.32 Å². The molecule has 140 valence electrons. The number of para-hydroxylation sites is 1. The van der Waals surface area contributed by atoms with Crippen LogP contribution in [-0.4, -0.2) is 58.6 Å². The third-order valence-corrected chi connectivity index (χ3v) is 4.73. The lowest BCUT2D eigenvalue weighted by Crippen LogP contribution is -2.41. The zero-order valence-electron chi connectivity index (χ0n) is 15.4. The highest BCUT2D eigenvalue weighted by atomic mass is 16.5. The van der Waals surface area contributed by atoms with Crippen LogP contribution in [0.2, 0.25) is 0 Å². The minimum absolute atomic E-state index is 0.0662. The summed E-state index contributed by atoms with van der Waals surface area (Å²) in [6.45, 7) is 4.89. The second-order valence-electron chi connectivity index (χ2n) is 6.63. The largest absolute Gasteiger partial charge is 0.378 e. The molecular weight excluding hydrogens is 342 g/mol. The fraction of sp³-hybridized carbons (Fsp3) is 0.350. The van der Waals surface area contributed by atoms with Crippen molar-refractivity contribution in [1.29, 1.82) is 0 Å². The summed E-state index contributed by atoms with van der Waals surface area (Å²) in [6.07, 6.45) is 2.91. The summed E-state index contributed by atoms with van der Waals surface area (Å²) >= 11 is 0. The van der Waals surface area contributed by atoms with Crippen molar-refractivity contribution in [3.8, 4) is 0 Å². The highest BCUT2D eigenvalue weighted by Gasteiger charge is 2.20. The van der Waals surface area contributed by atoms with Crippen LogP contribution in [0.4, 0.5) is 5.82 Å². The van der Waals surface area contributed by atoms with E-state index in [0.29, 0.717) is 43.6 Å². The number of nitrogens with one attached hydrogen (secondary N) is 2. The number of nitrogens with zero attached hydrogens (tertiary/aromatic N) is 3. The zero-order chi connectivity index (χ0) is 18.6. The van der Waals surface area contributed by atoms with E-state index in [1.165, 1.54) is 10.9 Å². The van der Waals surface area contributed by atoms with Crippen molar-refractivity contribution in [3.05, 3.63) is 53.6 Å². The maximum absolute atomic E-state index is 12.7. The zero-order valence-corrected chi connectivity index (χ0v) is 15.4. The van der Waals surface area contributed by atoms with Crippen LogP contribution in [0.3, 0.4) is 0 Å². The molecule has 27 heavy (non-hydrogen) atoms. The smallest absolute Gasteiger partial charge is 0.272 e. The van der Waals surface area contributed by atoms with Gasteiger partial charge in [-0.25, -0.2) is 9.97 Å². The predicted molar refractivity (Wildman–Crippen MR) is 104 cm³/mol. The van der Waals surface area contributed by atoms with Crippen LogP contribution in [-0.2, 0) is 11.2 Å². The van der Waals surface area contributed by atoms with E-state index < -0.39 is 0 Å². The number of anilines is 1. The molecule has 7 heteroatoms. The van der Waals surface area contributed by atoms with Gasteiger partial charge in [0.25, 0.3) is 5.91 Å². The minimum Gasteiger partial charge on any atom is -0.378 e. The van der Waals surface area contributed by atoms with Gasteiger partial charge < -0.3 is 19.9 Å². The van der Waals surface area contributed by atoms with Crippen LogP contribution in [0.25, 0.3) is 10.9 Å². The van der Waals surface area contributed by atoms with Crippen molar-refractivity contribution < 1.29 is 9.53 Å². The molecule has 0 saturated carbocycles. The Morgan fingerprint density at radius 1 is 1.26 bits per heavy atom. The number of amides is 1. The number of hydrogen-bond acceptors (Lipinski definition) is 5. The number of carbonyl (C=O) groups is 1. The van der Waals surface area contributed by atoms with E-state index in [9.17, 15) is 4.79 Å². The molecule has 0 unspecified atom stereocenters. The normalized spacial score (nSPS) is 14.5. The SMILES string of the molecule is Cc1nc(NCCc2c[nH]c3ccccc23)cc(C(=O)N2CCOCC2)n1. The van der Waals surface area contributed by atoms with Crippen molar-refractivity contribution in [3.63, 3.8) is 0 Å². The molecule has 0 spiro atoms. The molecule has 7 nitrogen and oxygen atoms in total. The van der Waals surface area contributed by atoms with E-state index in [2.05, 4.69) is 32.4 Å². The van der Waals surface area contributed by atoms with Crippen molar-refractivity contribution in [1.82, 2.24) is 19.9 Å². The Hall–Kier alpha value is -2.93. The topological polar surface area (TPSA) is 83.1 Å². The molecule has 0 atom stereocenters. The van der Waals surface area contributed by atoms with Crippen molar-refractivity contribution in [2.45, 2.75) is 13.3 Å². The molecule has 3 heterocycles. The summed E-state index contributed by atoms with van der Waals surface area (Å²) in [5, 5.41) is 4.56.